The molecule has 2 aliphatic rings. The van der Waals surface area contributed by atoms with Crippen molar-refractivity contribution in [2.45, 2.75) is 50.6 Å². The molecule has 0 radical (unpaired) electrons. The van der Waals surface area contributed by atoms with Gasteiger partial charge in [0.15, 0.2) is 0 Å². The first-order valence-corrected chi connectivity index (χ1v) is 13.0. The molecule has 3 atom stereocenters. The van der Waals surface area contributed by atoms with Gasteiger partial charge in [-0.15, -0.1) is 0 Å². The number of nitrogens with one attached hydrogen (secondary N) is 1. The van der Waals surface area contributed by atoms with Crippen molar-refractivity contribution in [3.8, 4) is 0 Å². The van der Waals surface area contributed by atoms with Gasteiger partial charge in [0.1, 0.15) is 6.04 Å². The Morgan fingerprint density at radius 1 is 1.14 bits per heavy atom. The molecule has 4 rings (SSSR count). The Balaban J connectivity index is 1.58. The zero-order valence-corrected chi connectivity index (χ0v) is 22.0. The second kappa shape index (κ2) is 10.9. The molecule has 3 amide bonds. The smallest absolute Gasteiger partial charge is 0.245 e. The summed E-state index contributed by atoms with van der Waals surface area (Å²) in [4.78, 5) is 43.8. The van der Waals surface area contributed by atoms with E-state index in [9.17, 15) is 14.4 Å². The van der Waals surface area contributed by atoms with E-state index < -0.39 is 17.0 Å². The highest BCUT2D eigenvalue weighted by Gasteiger charge is 2.55. The highest BCUT2D eigenvalue weighted by Crippen LogP contribution is 2.49. The number of piperidine rings is 1. The molecule has 7 nitrogen and oxygen atoms in total. The molecule has 0 saturated carbocycles. The molecule has 2 heterocycles. The van der Waals surface area contributed by atoms with Crippen molar-refractivity contribution in [3.63, 3.8) is 0 Å². The van der Waals surface area contributed by atoms with E-state index in [-0.39, 0.29) is 23.6 Å². The van der Waals surface area contributed by atoms with Crippen molar-refractivity contribution in [2.75, 3.05) is 26.7 Å². The van der Waals surface area contributed by atoms with Gasteiger partial charge in [-0.2, -0.15) is 0 Å². The molecular weight excluding hydrogens is 464 g/mol. The Kier molecular flexibility index (Phi) is 7.83. The number of carbonyl (C=O) groups excluding carboxylic acids is 3. The third kappa shape index (κ3) is 5.77. The molecule has 2 fully saturated rings. The van der Waals surface area contributed by atoms with Crippen molar-refractivity contribution in [2.24, 2.45) is 11.1 Å². The Morgan fingerprint density at radius 3 is 2.43 bits per heavy atom. The Morgan fingerprint density at radius 2 is 1.78 bits per heavy atom. The van der Waals surface area contributed by atoms with Crippen LogP contribution in [0.5, 0.6) is 0 Å². The standard InChI is InChI=1S/C30H38N4O3/c1-29(2,31)27(36)32-25(17-10-14-22-12-6-4-7-13-22)26(35)34-19-11-18-30(21-34)24(20-33(3)28(30)37)23-15-8-5-9-16-23/h4-10,12-16,24-25H,11,17-21,31H2,1-3H3,(H,32,36)/t24-,25+,30+/m0/s1. The lowest BCUT2D eigenvalue weighted by Crippen LogP contribution is -2.59. The van der Waals surface area contributed by atoms with Crippen LogP contribution in [0.25, 0.3) is 6.08 Å². The van der Waals surface area contributed by atoms with Gasteiger partial charge in [-0.3, -0.25) is 14.4 Å². The summed E-state index contributed by atoms with van der Waals surface area (Å²) in [6, 6.07) is 19.2. The number of likely N-dealkylation sites (tertiary alicyclic amines) is 2. The SMILES string of the molecule is CN1C[C@@H](c2ccccc2)[C@]2(CCCN(C(=O)[C@@H](CC=Cc3ccccc3)NC(=O)C(C)(C)N)C2)C1=O. The fourth-order valence-electron chi connectivity index (χ4n) is 5.59. The second-order valence-corrected chi connectivity index (χ2v) is 11.0. The lowest BCUT2D eigenvalue weighted by molar-refractivity contribution is -0.145. The predicted molar refractivity (Wildman–Crippen MR) is 145 cm³/mol. The maximum atomic E-state index is 13.9. The van der Waals surface area contributed by atoms with Crippen LogP contribution >= 0.6 is 0 Å². The summed E-state index contributed by atoms with van der Waals surface area (Å²) in [7, 11) is 1.84. The zero-order valence-electron chi connectivity index (χ0n) is 22.0. The monoisotopic (exact) mass is 502 g/mol. The maximum absolute atomic E-state index is 13.9. The van der Waals surface area contributed by atoms with E-state index >= 15 is 0 Å². The average molecular weight is 503 g/mol. The zero-order chi connectivity index (χ0) is 26.6. The van der Waals surface area contributed by atoms with Gasteiger partial charge in [0.2, 0.25) is 17.7 Å². The summed E-state index contributed by atoms with van der Waals surface area (Å²) in [5, 5.41) is 2.88. The van der Waals surface area contributed by atoms with Crippen LogP contribution < -0.4 is 11.1 Å². The summed E-state index contributed by atoms with van der Waals surface area (Å²) < 4.78 is 0. The maximum Gasteiger partial charge on any atom is 0.245 e. The minimum atomic E-state index is -1.12. The molecule has 7 heteroatoms. The van der Waals surface area contributed by atoms with Gasteiger partial charge < -0.3 is 20.9 Å². The molecule has 2 aromatic carbocycles. The molecule has 2 aliphatic heterocycles. The van der Waals surface area contributed by atoms with E-state index in [0.29, 0.717) is 26.1 Å². The van der Waals surface area contributed by atoms with Crippen molar-refractivity contribution in [1.29, 1.82) is 0 Å². The number of hydrogen-bond donors (Lipinski definition) is 2. The minimum absolute atomic E-state index is 0.00999. The number of benzene rings is 2. The summed E-state index contributed by atoms with van der Waals surface area (Å²) in [5.41, 5.74) is 6.39. The molecular formula is C30H38N4O3. The molecule has 3 N–H and O–H groups in total. The Bertz CT molecular complexity index is 1140. The summed E-state index contributed by atoms with van der Waals surface area (Å²) in [6.07, 6.45) is 5.65. The van der Waals surface area contributed by atoms with Gasteiger partial charge in [-0.25, -0.2) is 0 Å². The van der Waals surface area contributed by atoms with Crippen molar-refractivity contribution in [1.82, 2.24) is 15.1 Å². The van der Waals surface area contributed by atoms with E-state index in [2.05, 4.69) is 17.4 Å². The van der Waals surface area contributed by atoms with Crippen LogP contribution in [0.2, 0.25) is 0 Å². The van der Waals surface area contributed by atoms with Gasteiger partial charge in [0.05, 0.1) is 11.0 Å². The van der Waals surface area contributed by atoms with Crippen LogP contribution in [0.3, 0.4) is 0 Å². The van der Waals surface area contributed by atoms with Gasteiger partial charge in [0.25, 0.3) is 0 Å². The second-order valence-electron chi connectivity index (χ2n) is 11.0. The van der Waals surface area contributed by atoms with Crippen molar-refractivity contribution >= 4 is 23.8 Å². The van der Waals surface area contributed by atoms with Gasteiger partial charge in [-0.1, -0.05) is 72.8 Å². The fraction of sp³-hybridized carbons (Fsp3) is 0.433. The van der Waals surface area contributed by atoms with Gasteiger partial charge in [0, 0.05) is 32.6 Å². The quantitative estimate of drug-likeness (QED) is 0.608. The average Bonchev–Trinajstić information content (AvgIpc) is 3.13. The van der Waals surface area contributed by atoms with E-state index in [0.717, 1.165) is 24.0 Å². The van der Waals surface area contributed by atoms with Crippen LogP contribution in [0.1, 0.15) is 50.2 Å². The molecule has 0 unspecified atom stereocenters. The van der Waals surface area contributed by atoms with Crippen LogP contribution in [0.15, 0.2) is 66.7 Å². The minimum Gasteiger partial charge on any atom is -0.345 e. The molecule has 0 aliphatic carbocycles. The predicted octanol–water partition coefficient (Wildman–Crippen LogP) is 3.18. The molecule has 196 valence electrons. The fourth-order valence-corrected chi connectivity index (χ4v) is 5.59. The first-order valence-electron chi connectivity index (χ1n) is 13.0. The number of amides is 3. The lowest BCUT2D eigenvalue weighted by Gasteiger charge is -2.43. The summed E-state index contributed by atoms with van der Waals surface area (Å²) in [5.74, 6) is -0.463. The molecule has 1 spiro atoms. The highest BCUT2D eigenvalue weighted by atomic mass is 16.2. The van der Waals surface area contributed by atoms with Gasteiger partial charge >= 0.3 is 0 Å². The number of nitrogens with two attached hydrogens (primary N) is 1. The van der Waals surface area contributed by atoms with E-state index in [1.165, 1.54) is 0 Å². The Labute approximate surface area is 219 Å². The molecule has 2 aromatic rings. The summed E-state index contributed by atoms with van der Waals surface area (Å²) in [6.45, 7) is 4.77. The van der Waals surface area contributed by atoms with E-state index in [4.69, 9.17) is 5.73 Å². The molecule has 0 aromatic heterocycles. The third-order valence-electron chi connectivity index (χ3n) is 7.60. The number of hydrogen-bond acceptors (Lipinski definition) is 4. The van der Waals surface area contributed by atoms with Crippen molar-refractivity contribution < 1.29 is 14.4 Å². The van der Waals surface area contributed by atoms with Crippen molar-refractivity contribution in [3.05, 3.63) is 77.9 Å². The summed E-state index contributed by atoms with van der Waals surface area (Å²) >= 11 is 0. The number of likely N-dealkylation sites (N-methyl/N-ethyl adjacent to an activating group) is 1. The number of nitrogens with zero attached hydrogens (tertiary/aromatic N) is 2. The third-order valence-corrected chi connectivity index (χ3v) is 7.60. The van der Waals surface area contributed by atoms with E-state index in [1.807, 2.05) is 67.7 Å². The Hall–Kier alpha value is -3.45. The van der Waals surface area contributed by atoms with E-state index in [1.54, 1.807) is 23.6 Å². The first kappa shape index (κ1) is 26.6. The largest absolute Gasteiger partial charge is 0.345 e. The van der Waals surface area contributed by atoms with Crippen LogP contribution in [-0.2, 0) is 14.4 Å². The number of carbonyl (C=O) groups is 3. The highest BCUT2D eigenvalue weighted by molar-refractivity contribution is 5.93. The first-order chi connectivity index (χ1) is 17.6. The molecule has 37 heavy (non-hydrogen) atoms. The number of rotatable bonds is 7. The molecule has 2 saturated heterocycles. The van der Waals surface area contributed by atoms with Crippen LogP contribution in [-0.4, -0.2) is 65.8 Å². The van der Waals surface area contributed by atoms with Crippen LogP contribution in [0.4, 0.5) is 0 Å². The van der Waals surface area contributed by atoms with Crippen LogP contribution in [0, 0.1) is 5.41 Å². The lowest BCUT2D eigenvalue weighted by atomic mass is 9.69. The normalized spacial score (nSPS) is 23.0. The van der Waals surface area contributed by atoms with Gasteiger partial charge in [-0.05, 0) is 44.2 Å². The molecule has 0 bridgehead atoms. The topological polar surface area (TPSA) is 95.7 Å².